The van der Waals surface area contributed by atoms with Crippen LogP contribution in [0.25, 0.3) is 11.1 Å². The van der Waals surface area contributed by atoms with E-state index in [1.54, 1.807) is 24.3 Å². The van der Waals surface area contributed by atoms with E-state index >= 15 is 0 Å². The molecule has 0 aliphatic rings. The first kappa shape index (κ1) is 25.2. The van der Waals surface area contributed by atoms with Gasteiger partial charge in [0.15, 0.2) is 5.78 Å². The van der Waals surface area contributed by atoms with Gasteiger partial charge >= 0.3 is 0 Å². The van der Waals surface area contributed by atoms with Gasteiger partial charge in [0, 0.05) is 30.9 Å². The number of Topliss-reactive ketones (excluding diaryl/α,β-unsaturated/α-hetero) is 2. The second-order valence-corrected chi connectivity index (χ2v) is 9.20. The first-order chi connectivity index (χ1) is 17.3. The van der Waals surface area contributed by atoms with Gasteiger partial charge in [0.1, 0.15) is 0 Å². The molecule has 0 heterocycles. The molecule has 0 atom stereocenters. The van der Waals surface area contributed by atoms with Gasteiger partial charge in [-0.2, -0.15) is 0 Å². The van der Waals surface area contributed by atoms with Crippen LogP contribution >= 0.6 is 0 Å². The van der Waals surface area contributed by atoms with Crippen LogP contribution in [0.4, 0.5) is 0 Å². The fourth-order valence-electron chi connectivity index (χ4n) is 4.51. The molecule has 0 spiro atoms. The van der Waals surface area contributed by atoms with E-state index in [-0.39, 0.29) is 11.6 Å². The molecule has 0 fully saturated rings. The Morgan fingerprint density at radius 1 is 0.556 bits per heavy atom. The van der Waals surface area contributed by atoms with Gasteiger partial charge < -0.3 is 9.47 Å². The van der Waals surface area contributed by atoms with Gasteiger partial charge in [-0.15, -0.1) is 0 Å². The molecule has 4 heteroatoms. The van der Waals surface area contributed by atoms with E-state index in [1.165, 1.54) is 14.2 Å². The number of hydrogen-bond donors (Lipinski definition) is 0. The van der Waals surface area contributed by atoms with Gasteiger partial charge in [0.2, 0.25) is 5.78 Å². The van der Waals surface area contributed by atoms with E-state index in [1.807, 2.05) is 98.8 Å². The third-order valence-electron chi connectivity index (χ3n) is 6.67. The van der Waals surface area contributed by atoms with Crippen LogP contribution in [0.1, 0.15) is 45.7 Å². The van der Waals surface area contributed by atoms with Crippen molar-refractivity contribution in [1.29, 1.82) is 0 Å². The highest BCUT2D eigenvalue weighted by Crippen LogP contribution is 2.34. The molecule has 0 aliphatic carbocycles. The van der Waals surface area contributed by atoms with Gasteiger partial charge in [-0.05, 0) is 42.7 Å². The van der Waals surface area contributed by atoms with Crippen LogP contribution in [0.5, 0.6) is 0 Å². The Kier molecular flexibility index (Phi) is 7.30. The molecule has 0 N–H and O–H groups in total. The van der Waals surface area contributed by atoms with E-state index in [9.17, 15) is 9.59 Å². The molecule has 4 aromatic rings. The number of carbonyl (C=O) groups is 2. The standard InChI is InChI=1S/C32H30O4/c1-31(2,27-18-9-6-10-19-27)29(33)26-17-11-15-24(21-26)25-16-12-20-28(22-25)32(35-3,36-4)30(34)23-13-7-5-8-14-23/h5-22H,1-4H3. The zero-order valence-corrected chi connectivity index (χ0v) is 21.0. The Labute approximate surface area is 212 Å². The molecule has 0 unspecified atom stereocenters. The van der Waals surface area contributed by atoms with E-state index in [2.05, 4.69) is 0 Å². The van der Waals surface area contributed by atoms with Crippen LogP contribution in [0.3, 0.4) is 0 Å². The quantitative estimate of drug-likeness (QED) is 0.195. The largest absolute Gasteiger partial charge is 0.343 e. The lowest BCUT2D eigenvalue weighted by Gasteiger charge is -2.30. The Morgan fingerprint density at radius 2 is 1.06 bits per heavy atom. The monoisotopic (exact) mass is 478 g/mol. The summed E-state index contributed by atoms with van der Waals surface area (Å²) >= 11 is 0. The molecular weight excluding hydrogens is 448 g/mol. The summed E-state index contributed by atoms with van der Waals surface area (Å²) in [7, 11) is 2.92. The second kappa shape index (κ2) is 10.4. The predicted molar refractivity (Wildman–Crippen MR) is 142 cm³/mol. The average molecular weight is 479 g/mol. The first-order valence-corrected chi connectivity index (χ1v) is 11.8. The maximum absolute atomic E-state index is 13.5. The SMILES string of the molecule is COC(OC)(C(=O)c1ccccc1)c1cccc(-c2cccc(C(=O)C(C)(C)c3ccccc3)c2)c1. The van der Waals surface area contributed by atoms with Gasteiger partial charge in [-0.25, -0.2) is 0 Å². The van der Waals surface area contributed by atoms with Gasteiger partial charge in [0.05, 0.1) is 5.41 Å². The molecule has 0 amide bonds. The molecule has 0 aliphatic heterocycles. The lowest BCUT2D eigenvalue weighted by atomic mass is 9.77. The maximum Gasteiger partial charge on any atom is 0.260 e. The predicted octanol–water partition coefficient (Wildman–Crippen LogP) is 6.84. The minimum atomic E-state index is -1.60. The van der Waals surface area contributed by atoms with Gasteiger partial charge in [0.25, 0.3) is 5.79 Å². The van der Waals surface area contributed by atoms with Crippen LogP contribution in [0, 0.1) is 0 Å². The van der Waals surface area contributed by atoms with Crippen LogP contribution in [0.15, 0.2) is 109 Å². The molecule has 36 heavy (non-hydrogen) atoms. The molecule has 0 aromatic heterocycles. The number of hydrogen-bond acceptors (Lipinski definition) is 4. The van der Waals surface area contributed by atoms with Crippen molar-refractivity contribution in [2.24, 2.45) is 0 Å². The second-order valence-electron chi connectivity index (χ2n) is 9.20. The number of ketones is 2. The number of carbonyl (C=O) groups excluding carboxylic acids is 2. The summed E-state index contributed by atoms with van der Waals surface area (Å²) in [5.74, 6) is -1.85. The normalized spacial score (nSPS) is 11.8. The third-order valence-corrected chi connectivity index (χ3v) is 6.67. The smallest absolute Gasteiger partial charge is 0.260 e. The molecule has 4 aromatic carbocycles. The molecule has 0 saturated carbocycles. The summed E-state index contributed by atoms with van der Waals surface area (Å²) in [5.41, 5.74) is 3.68. The molecule has 4 rings (SSSR count). The van der Waals surface area contributed by atoms with Crippen molar-refractivity contribution in [2.45, 2.75) is 25.0 Å². The molecule has 0 radical (unpaired) electrons. The summed E-state index contributed by atoms with van der Waals surface area (Å²) < 4.78 is 11.4. The van der Waals surface area contributed by atoms with Crippen molar-refractivity contribution in [1.82, 2.24) is 0 Å². The zero-order chi connectivity index (χ0) is 25.8. The van der Waals surface area contributed by atoms with Crippen LogP contribution in [-0.2, 0) is 20.7 Å². The number of methoxy groups -OCH3 is 2. The van der Waals surface area contributed by atoms with Crippen molar-refractivity contribution < 1.29 is 19.1 Å². The van der Waals surface area contributed by atoms with Gasteiger partial charge in [-0.3, -0.25) is 9.59 Å². The van der Waals surface area contributed by atoms with Gasteiger partial charge in [-0.1, -0.05) is 97.1 Å². The van der Waals surface area contributed by atoms with Crippen molar-refractivity contribution in [3.05, 3.63) is 131 Å². The van der Waals surface area contributed by atoms with Crippen molar-refractivity contribution >= 4 is 11.6 Å². The minimum absolute atomic E-state index is 0.0362. The molecule has 4 nitrogen and oxygen atoms in total. The topological polar surface area (TPSA) is 52.6 Å². The number of benzene rings is 4. The van der Waals surface area contributed by atoms with Crippen molar-refractivity contribution in [3.63, 3.8) is 0 Å². The summed E-state index contributed by atoms with van der Waals surface area (Å²) in [5, 5.41) is 0. The Balaban J connectivity index is 1.72. The summed E-state index contributed by atoms with van der Waals surface area (Å²) in [6.45, 7) is 3.89. The molecule has 0 saturated heterocycles. The lowest BCUT2D eigenvalue weighted by molar-refractivity contribution is -0.176. The Bertz CT molecular complexity index is 1350. The Hall–Kier alpha value is -3.86. The van der Waals surface area contributed by atoms with Crippen molar-refractivity contribution in [2.75, 3.05) is 14.2 Å². The highest BCUT2D eigenvalue weighted by atomic mass is 16.7. The van der Waals surface area contributed by atoms with E-state index < -0.39 is 11.2 Å². The van der Waals surface area contributed by atoms with E-state index in [0.717, 1.165) is 16.7 Å². The average Bonchev–Trinajstić information content (AvgIpc) is 2.94. The van der Waals surface area contributed by atoms with Crippen LogP contribution in [0.2, 0.25) is 0 Å². The highest BCUT2D eigenvalue weighted by molar-refractivity contribution is 6.04. The van der Waals surface area contributed by atoms with Crippen LogP contribution < -0.4 is 0 Å². The summed E-state index contributed by atoms with van der Waals surface area (Å²) in [4.78, 5) is 27.0. The molecular formula is C32H30O4. The minimum Gasteiger partial charge on any atom is -0.343 e. The zero-order valence-electron chi connectivity index (χ0n) is 21.0. The third kappa shape index (κ3) is 4.66. The van der Waals surface area contributed by atoms with E-state index in [0.29, 0.717) is 16.7 Å². The lowest BCUT2D eigenvalue weighted by Crippen LogP contribution is -2.40. The molecule has 182 valence electrons. The fourth-order valence-corrected chi connectivity index (χ4v) is 4.51. The van der Waals surface area contributed by atoms with E-state index in [4.69, 9.17) is 9.47 Å². The summed E-state index contributed by atoms with van der Waals surface area (Å²) in [6, 6.07) is 33.8. The number of ether oxygens (including phenoxy) is 2. The number of rotatable bonds is 9. The Morgan fingerprint density at radius 3 is 1.67 bits per heavy atom. The molecule has 0 bridgehead atoms. The van der Waals surface area contributed by atoms with Crippen molar-refractivity contribution in [3.8, 4) is 11.1 Å². The fraction of sp³-hybridized carbons (Fsp3) is 0.188. The first-order valence-electron chi connectivity index (χ1n) is 11.8. The highest BCUT2D eigenvalue weighted by Gasteiger charge is 2.41. The van der Waals surface area contributed by atoms with Crippen LogP contribution in [-0.4, -0.2) is 25.8 Å². The summed E-state index contributed by atoms with van der Waals surface area (Å²) in [6.07, 6.45) is 0. The maximum atomic E-state index is 13.5.